The first-order valence-corrected chi connectivity index (χ1v) is 7.28. The lowest BCUT2D eigenvalue weighted by molar-refractivity contribution is 0.103. The first kappa shape index (κ1) is 14.2. The van der Waals surface area contributed by atoms with Crippen molar-refractivity contribution in [2.24, 2.45) is 0 Å². The third-order valence-corrected chi connectivity index (χ3v) is 3.38. The van der Waals surface area contributed by atoms with Gasteiger partial charge in [-0.3, -0.25) is 9.78 Å². The average molecular weight is 385 g/mol. The average Bonchev–Trinajstić information content (AvgIpc) is 2.40. The molecule has 5 heteroatoms. The normalized spacial score (nSPS) is 10.3. The Kier molecular flexibility index (Phi) is 4.71. The number of carbonyl (C=O) groups excluding carboxylic acids is 1. The molecule has 0 aliphatic rings. The Labute approximate surface area is 128 Å². The number of halogens is 2. The van der Waals surface area contributed by atoms with Gasteiger partial charge in [0.2, 0.25) is 0 Å². The molecule has 19 heavy (non-hydrogen) atoms. The number of pyridine rings is 1. The summed E-state index contributed by atoms with van der Waals surface area (Å²) in [5.41, 5.74) is 1.05. The molecule has 98 valence electrons. The minimum Gasteiger partial charge on any atom is -0.493 e. The van der Waals surface area contributed by atoms with Gasteiger partial charge in [-0.15, -0.1) is 0 Å². The van der Waals surface area contributed by atoms with E-state index in [1.165, 1.54) is 0 Å². The summed E-state index contributed by atoms with van der Waals surface area (Å²) in [6.07, 6.45) is 3.19. The highest BCUT2D eigenvalue weighted by Gasteiger charge is 2.15. The lowest BCUT2D eigenvalue weighted by Gasteiger charge is -2.10. The van der Waals surface area contributed by atoms with Crippen LogP contribution in [0, 0.1) is 0 Å². The van der Waals surface area contributed by atoms with Gasteiger partial charge in [0.1, 0.15) is 5.75 Å². The van der Waals surface area contributed by atoms with Crippen LogP contribution in [0.15, 0.2) is 45.6 Å². The molecule has 3 nitrogen and oxygen atoms in total. The smallest absolute Gasteiger partial charge is 0.198 e. The van der Waals surface area contributed by atoms with Crippen LogP contribution >= 0.6 is 31.9 Å². The van der Waals surface area contributed by atoms with Gasteiger partial charge in [-0.25, -0.2) is 0 Å². The van der Waals surface area contributed by atoms with Crippen molar-refractivity contribution in [1.82, 2.24) is 4.98 Å². The lowest BCUT2D eigenvalue weighted by atomic mass is 10.0. The third kappa shape index (κ3) is 3.42. The van der Waals surface area contributed by atoms with Crippen LogP contribution in [-0.4, -0.2) is 17.4 Å². The number of hydrogen-bond donors (Lipinski definition) is 0. The van der Waals surface area contributed by atoms with E-state index in [-0.39, 0.29) is 5.78 Å². The van der Waals surface area contributed by atoms with E-state index in [1.54, 1.807) is 30.6 Å². The predicted octanol–water partition coefficient (Wildman–Crippen LogP) is 4.24. The van der Waals surface area contributed by atoms with Crippen molar-refractivity contribution in [1.29, 1.82) is 0 Å². The quantitative estimate of drug-likeness (QED) is 0.740. The van der Waals surface area contributed by atoms with Crippen molar-refractivity contribution in [2.45, 2.75) is 6.92 Å². The van der Waals surface area contributed by atoms with Gasteiger partial charge in [0.15, 0.2) is 5.78 Å². The van der Waals surface area contributed by atoms with E-state index in [9.17, 15) is 4.79 Å². The molecule has 0 aliphatic carbocycles. The molecule has 0 bridgehead atoms. The zero-order valence-corrected chi connectivity index (χ0v) is 13.4. The van der Waals surface area contributed by atoms with Crippen molar-refractivity contribution in [3.05, 3.63) is 56.7 Å². The molecule has 2 rings (SSSR count). The zero-order chi connectivity index (χ0) is 13.8. The molecule has 0 saturated carbocycles. The lowest BCUT2D eigenvalue weighted by Crippen LogP contribution is -2.06. The standard InChI is InChI=1S/C14H11Br2NO2/c1-2-19-13-4-3-10(15)6-12(13)14(18)9-5-11(16)8-17-7-9/h3-8H,2H2,1H3. The zero-order valence-electron chi connectivity index (χ0n) is 10.2. The molecule has 0 saturated heterocycles. The molecule has 0 fully saturated rings. The molecular weight excluding hydrogens is 374 g/mol. The van der Waals surface area contributed by atoms with Gasteiger partial charge in [0.25, 0.3) is 0 Å². The summed E-state index contributed by atoms with van der Waals surface area (Å²) in [4.78, 5) is 16.5. The molecule has 1 aromatic heterocycles. The fourth-order valence-electron chi connectivity index (χ4n) is 1.65. The van der Waals surface area contributed by atoms with E-state index in [0.29, 0.717) is 23.5 Å². The van der Waals surface area contributed by atoms with Gasteiger partial charge in [0.05, 0.1) is 12.2 Å². The second-order valence-corrected chi connectivity index (χ2v) is 5.63. The second-order valence-electron chi connectivity index (χ2n) is 3.79. The van der Waals surface area contributed by atoms with Crippen LogP contribution in [0.5, 0.6) is 5.75 Å². The number of hydrogen-bond acceptors (Lipinski definition) is 3. The van der Waals surface area contributed by atoms with Gasteiger partial charge in [-0.1, -0.05) is 15.9 Å². The molecule has 0 aliphatic heterocycles. The van der Waals surface area contributed by atoms with E-state index < -0.39 is 0 Å². The number of benzene rings is 1. The van der Waals surface area contributed by atoms with E-state index in [2.05, 4.69) is 36.8 Å². The van der Waals surface area contributed by atoms with Gasteiger partial charge >= 0.3 is 0 Å². The van der Waals surface area contributed by atoms with Crippen LogP contribution in [0.25, 0.3) is 0 Å². The number of nitrogens with zero attached hydrogens (tertiary/aromatic N) is 1. The summed E-state index contributed by atoms with van der Waals surface area (Å²) >= 11 is 6.68. The first-order chi connectivity index (χ1) is 9.11. The minimum absolute atomic E-state index is 0.112. The third-order valence-electron chi connectivity index (χ3n) is 2.45. The maximum Gasteiger partial charge on any atom is 0.198 e. The molecule has 0 radical (unpaired) electrons. The van der Waals surface area contributed by atoms with Crippen LogP contribution in [-0.2, 0) is 0 Å². The number of ether oxygens (including phenoxy) is 1. The van der Waals surface area contributed by atoms with Crippen molar-refractivity contribution in [2.75, 3.05) is 6.61 Å². The van der Waals surface area contributed by atoms with Crippen LogP contribution < -0.4 is 4.74 Å². The fourth-order valence-corrected chi connectivity index (χ4v) is 2.38. The highest BCUT2D eigenvalue weighted by molar-refractivity contribution is 9.10. The maximum absolute atomic E-state index is 12.5. The molecular formula is C14H11Br2NO2. The van der Waals surface area contributed by atoms with Crippen molar-refractivity contribution >= 4 is 37.6 Å². The molecule has 0 atom stereocenters. The monoisotopic (exact) mass is 383 g/mol. The molecule has 0 N–H and O–H groups in total. The van der Waals surface area contributed by atoms with E-state index in [4.69, 9.17) is 4.74 Å². The van der Waals surface area contributed by atoms with E-state index in [0.717, 1.165) is 8.95 Å². The highest BCUT2D eigenvalue weighted by atomic mass is 79.9. The summed E-state index contributed by atoms with van der Waals surface area (Å²) in [5, 5.41) is 0. The van der Waals surface area contributed by atoms with E-state index in [1.807, 2.05) is 13.0 Å². The van der Waals surface area contributed by atoms with Crippen molar-refractivity contribution < 1.29 is 9.53 Å². The summed E-state index contributed by atoms with van der Waals surface area (Å²) in [6, 6.07) is 7.13. The van der Waals surface area contributed by atoms with Crippen LogP contribution in [0.3, 0.4) is 0 Å². The Morgan fingerprint density at radius 1 is 1.21 bits per heavy atom. The SMILES string of the molecule is CCOc1ccc(Br)cc1C(=O)c1cncc(Br)c1. The Bertz CT molecular complexity index is 614. The summed E-state index contributed by atoms with van der Waals surface area (Å²) in [7, 11) is 0. The fraction of sp³-hybridized carbons (Fsp3) is 0.143. The van der Waals surface area contributed by atoms with E-state index >= 15 is 0 Å². The number of rotatable bonds is 4. The second kappa shape index (κ2) is 6.30. The minimum atomic E-state index is -0.112. The van der Waals surface area contributed by atoms with Crippen molar-refractivity contribution in [3.8, 4) is 5.75 Å². The topological polar surface area (TPSA) is 39.2 Å². The molecule has 0 spiro atoms. The molecule has 0 amide bonds. The Morgan fingerprint density at radius 2 is 2.00 bits per heavy atom. The van der Waals surface area contributed by atoms with Crippen LogP contribution in [0.1, 0.15) is 22.8 Å². The number of carbonyl (C=O) groups is 1. The molecule has 2 aromatic rings. The van der Waals surface area contributed by atoms with Gasteiger partial charge in [-0.2, -0.15) is 0 Å². The van der Waals surface area contributed by atoms with Crippen molar-refractivity contribution in [3.63, 3.8) is 0 Å². The first-order valence-electron chi connectivity index (χ1n) is 5.69. The Hall–Kier alpha value is -1.20. The Morgan fingerprint density at radius 3 is 2.68 bits per heavy atom. The predicted molar refractivity (Wildman–Crippen MR) is 80.7 cm³/mol. The largest absolute Gasteiger partial charge is 0.493 e. The highest BCUT2D eigenvalue weighted by Crippen LogP contribution is 2.26. The summed E-state index contributed by atoms with van der Waals surface area (Å²) in [6.45, 7) is 2.40. The molecule has 1 heterocycles. The Balaban J connectivity index is 2.45. The summed E-state index contributed by atoms with van der Waals surface area (Å²) < 4.78 is 7.10. The molecule has 1 aromatic carbocycles. The maximum atomic E-state index is 12.5. The van der Waals surface area contributed by atoms with Gasteiger partial charge in [-0.05, 0) is 47.1 Å². The van der Waals surface area contributed by atoms with Crippen LogP contribution in [0.4, 0.5) is 0 Å². The van der Waals surface area contributed by atoms with Gasteiger partial charge < -0.3 is 4.74 Å². The number of aromatic nitrogens is 1. The molecule has 0 unspecified atom stereocenters. The number of ketones is 1. The summed E-state index contributed by atoms with van der Waals surface area (Å²) in [5.74, 6) is 0.467. The van der Waals surface area contributed by atoms with Crippen LogP contribution in [0.2, 0.25) is 0 Å². The van der Waals surface area contributed by atoms with Gasteiger partial charge in [0, 0.05) is 26.9 Å².